The highest BCUT2D eigenvalue weighted by Crippen LogP contribution is 2.34. The molecule has 0 saturated heterocycles. The molecular formula is C15H18BrF4NO. The van der Waals surface area contributed by atoms with E-state index in [2.05, 4.69) is 21.2 Å². The average Bonchev–Trinajstić information content (AvgIpc) is 2.32. The van der Waals surface area contributed by atoms with E-state index in [9.17, 15) is 22.4 Å². The molecule has 1 rings (SSSR count). The van der Waals surface area contributed by atoms with Crippen LogP contribution in [0.4, 0.5) is 17.6 Å². The van der Waals surface area contributed by atoms with Crippen molar-refractivity contribution in [2.24, 2.45) is 0 Å². The van der Waals surface area contributed by atoms with E-state index < -0.39 is 29.7 Å². The van der Waals surface area contributed by atoms with Crippen LogP contribution < -0.4 is 5.32 Å². The van der Waals surface area contributed by atoms with Gasteiger partial charge in [0.2, 0.25) is 0 Å². The zero-order chi connectivity index (χ0) is 17.1. The maximum Gasteiger partial charge on any atom is 0.407 e. The van der Waals surface area contributed by atoms with Gasteiger partial charge in [-0.05, 0) is 38.5 Å². The molecule has 0 aliphatic heterocycles. The summed E-state index contributed by atoms with van der Waals surface area (Å²) in [4.78, 5) is 11.6. The van der Waals surface area contributed by atoms with E-state index in [0.29, 0.717) is 4.47 Å². The van der Waals surface area contributed by atoms with Crippen LogP contribution in [0.25, 0.3) is 0 Å². The molecule has 7 heteroatoms. The topological polar surface area (TPSA) is 29.1 Å². The monoisotopic (exact) mass is 383 g/mol. The lowest BCUT2D eigenvalue weighted by molar-refractivity contribution is -0.161. The number of ketones is 1. The van der Waals surface area contributed by atoms with Gasteiger partial charge in [-0.25, -0.2) is 4.39 Å². The largest absolute Gasteiger partial charge is 0.407 e. The van der Waals surface area contributed by atoms with Crippen molar-refractivity contribution in [3.05, 3.63) is 34.3 Å². The summed E-state index contributed by atoms with van der Waals surface area (Å²) in [6.07, 6.45) is -4.92. The van der Waals surface area contributed by atoms with Gasteiger partial charge >= 0.3 is 6.18 Å². The molecule has 1 aromatic carbocycles. The lowest BCUT2D eigenvalue weighted by Gasteiger charge is -2.29. The summed E-state index contributed by atoms with van der Waals surface area (Å²) in [5.74, 6) is -0.530. The molecule has 0 aromatic heterocycles. The molecule has 0 amide bonds. The molecule has 0 fully saturated rings. The minimum atomic E-state index is -4.60. The van der Waals surface area contributed by atoms with Crippen molar-refractivity contribution in [1.29, 1.82) is 0 Å². The predicted octanol–water partition coefficient (Wildman–Crippen LogP) is 4.74. The van der Waals surface area contributed by atoms with Crippen LogP contribution in [0, 0.1) is 0 Å². The fourth-order valence-corrected chi connectivity index (χ4v) is 2.31. The molecule has 0 radical (unpaired) electrons. The number of rotatable bonds is 6. The van der Waals surface area contributed by atoms with Crippen molar-refractivity contribution in [3.63, 3.8) is 0 Å². The van der Waals surface area contributed by atoms with Crippen LogP contribution in [0.2, 0.25) is 0 Å². The SMILES string of the molecule is CC(=O)[C@H](CC(C)(C)F)N[C@@H](c1ccc(Br)cc1)C(F)(F)F. The number of nitrogens with one attached hydrogen (secondary N) is 1. The molecule has 2 nitrogen and oxygen atoms in total. The highest BCUT2D eigenvalue weighted by molar-refractivity contribution is 9.10. The molecule has 1 aromatic rings. The standard InChI is InChI=1S/C15H18BrF4NO/c1-9(22)12(8-14(2,3)17)21-13(15(18,19)20)10-4-6-11(16)7-5-10/h4-7,12-13,21H,8H2,1-3H3/t12-,13-/m0/s1. The predicted molar refractivity (Wildman–Crippen MR) is 80.3 cm³/mol. The van der Waals surface area contributed by atoms with Gasteiger partial charge in [0.15, 0.2) is 0 Å². The third kappa shape index (κ3) is 6.04. The molecule has 22 heavy (non-hydrogen) atoms. The molecule has 0 aliphatic carbocycles. The van der Waals surface area contributed by atoms with Crippen LogP contribution in [-0.2, 0) is 4.79 Å². The fourth-order valence-electron chi connectivity index (χ4n) is 2.04. The molecular weight excluding hydrogens is 366 g/mol. The summed E-state index contributed by atoms with van der Waals surface area (Å²) >= 11 is 3.15. The van der Waals surface area contributed by atoms with Gasteiger partial charge in [0.1, 0.15) is 17.5 Å². The van der Waals surface area contributed by atoms with Crippen molar-refractivity contribution in [1.82, 2.24) is 5.32 Å². The Bertz CT molecular complexity index is 508. The summed E-state index contributed by atoms with van der Waals surface area (Å²) in [6.45, 7) is 3.61. The first kappa shape index (κ1) is 19.1. The number of benzene rings is 1. The van der Waals surface area contributed by atoms with Crippen LogP contribution in [-0.4, -0.2) is 23.7 Å². The molecule has 124 valence electrons. The van der Waals surface area contributed by atoms with Crippen LogP contribution in [0.3, 0.4) is 0 Å². The smallest absolute Gasteiger partial charge is 0.298 e. The molecule has 0 bridgehead atoms. The van der Waals surface area contributed by atoms with Crippen molar-refractivity contribution in [2.75, 3.05) is 0 Å². The Morgan fingerprint density at radius 1 is 1.18 bits per heavy atom. The summed E-state index contributed by atoms with van der Waals surface area (Å²) in [7, 11) is 0. The second-order valence-electron chi connectivity index (χ2n) is 5.78. The first-order chi connectivity index (χ1) is 9.90. The maximum absolute atomic E-state index is 13.7. The zero-order valence-corrected chi connectivity index (χ0v) is 14.1. The summed E-state index contributed by atoms with van der Waals surface area (Å²) in [6, 6.07) is 2.35. The number of hydrogen-bond acceptors (Lipinski definition) is 2. The number of Topliss-reactive ketones (excluding diaryl/α,β-unsaturated/α-hetero) is 1. The van der Waals surface area contributed by atoms with Gasteiger partial charge in [-0.1, -0.05) is 28.1 Å². The van der Waals surface area contributed by atoms with E-state index in [1.54, 1.807) is 0 Å². The molecule has 0 spiro atoms. The third-order valence-electron chi connectivity index (χ3n) is 3.08. The Labute approximate surface area is 135 Å². The van der Waals surface area contributed by atoms with E-state index in [1.165, 1.54) is 38.1 Å². The molecule has 0 saturated carbocycles. The van der Waals surface area contributed by atoms with Gasteiger partial charge in [-0.15, -0.1) is 0 Å². The average molecular weight is 384 g/mol. The quantitative estimate of drug-likeness (QED) is 0.718. The normalized spacial score (nSPS) is 15.5. The number of hydrogen-bond donors (Lipinski definition) is 1. The van der Waals surface area contributed by atoms with E-state index in [-0.39, 0.29) is 12.0 Å². The van der Waals surface area contributed by atoms with Crippen molar-refractivity contribution in [2.45, 2.75) is 51.1 Å². The van der Waals surface area contributed by atoms with E-state index in [1.807, 2.05) is 0 Å². The third-order valence-corrected chi connectivity index (χ3v) is 3.61. The Morgan fingerprint density at radius 2 is 1.68 bits per heavy atom. The highest BCUT2D eigenvalue weighted by Gasteiger charge is 2.43. The first-order valence-electron chi connectivity index (χ1n) is 6.68. The minimum Gasteiger partial charge on any atom is -0.298 e. The van der Waals surface area contributed by atoms with E-state index in [4.69, 9.17) is 0 Å². The maximum atomic E-state index is 13.7. The number of alkyl halides is 4. The van der Waals surface area contributed by atoms with E-state index in [0.717, 1.165) is 6.92 Å². The van der Waals surface area contributed by atoms with Gasteiger partial charge in [0.05, 0.1) is 6.04 Å². The van der Waals surface area contributed by atoms with E-state index >= 15 is 0 Å². The Balaban J connectivity index is 3.07. The number of halogens is 5. The molecule has 0 heterocycles. The molecule has 0 unspecified atom stereocenters. The molecule has 1 N–H and O–H groups in total. The van der Waals surface area contributed by atoms with Crippen molar-refractivity contribution >= 4 is 21.7 Å². The van der Waals surface area contributed by atoms with Gasteiger partial charge in [-0.3, -0.25) is 10.1 Å². The fraction of sp³-hybridized carbons (Fsp3) is 0.533. The number of carbonyl (C=O) groups is 1. The molecule has 2 atom stereocenters. The lowest BCUT2D eigenvalue weighted by Crippen LogP contribution is -2.46. The second-order valence-corrected chi connectivity index (χ2v) is 6.69. The van der Waals surface area contributed by atoms with Gasteiger partial charge in [0, 0.05) is 10.9 Å². The summed E-state index contributed by atoms with van der Waals surface area (Å²) in [5.41, 5.74) is -1.78. The second kappa shape index (κ2) is 7.08. The van der Waals surface area contributed by atoms with Gasteiger partial charge < -0.3 is 0 Å². The Kier molecular flexibility index (Phi) is 6.15. The first-order valence-corrected chi connectivity index (χ1v) is 7.47. The lowest BCUT2D eigenvalue weighted by atomic mass is 9.96. The summed E-state index contributed by atoms with van der Waals surface area (Å²) in [5, 5.41) is 2.26. The van der Waals surface area contributed by atoms with Crippen LogP contribution in [0.15, 0.2) is 28.7 Å². The van der Waals surface area contributed by atoms with Gasteiger partial charge in [-0.2, -0.15) is 13.2 Å². The molecule has 0 aliphatic rings. The highest BCUT2D eigenvalue weighted by atomic mass is 79.9. The minimum absolute atomic E-state index is 0.0291. The Morgan fingerprint density at radius 3 is 2.05 bits per heavy atom. The van der Waals surface area contributed by atoms with Crippen molar-refractivity contribution < 1.29 is 22.4 Å². The zero-order valence-electron chi connectivity index (χ0n) is 12.5. The van der Waals surface area contributed by atoms with Crippen molar-refractivity contribution in [3.8, 4) is 0 Å². The van der Waals surface area contributed by atoms with Crippen LogP contribution in [0.1, 0.15) is 38.8 Å². The number of carbonyl (C=O) groups excluding carboxylic acids is 1. The van der Waals surface area contributed by atoms with Gasteiger partial charge in [0.25, 0.3) is 0 Å². The van der Waals surface area contributed by atoms with Crippen LogP contribution in [0.5, 0.6) is 0 Å². The Hall–Kier alpha value is -0.950. The van der Waals surface area contributed by atoms with Crippen LogP contribution >= 0.6 is 15.9 Å². The summed E-state index contributed by atoms with van der Waals surface area (Å²) < 4.78 is 54.2.